The zero-order valence-electron chi connectivity index (χ0n) is 15.0. The summed E-state index contributed by atoms with van der Waals surface area (Å²) in [5.41, 5.74) is -2.53. The fraction of sp³-hybridized carbons (Fsp3) is 0.150. The van der Waals surface area contributed by atoms with Crippen LogP contribution in [-0.2, 0) is 16.0 Å². The molecule has 3 rings (SSSR count). The van der Waals surface area contributed by atoms with E-state index >= 15 is 0 Å². The predicted molar refractivity (Wildman–Crippen MR) is 95.7 cm³/mol. The van der Waals surface area contributed by atoms with Crippen molar-refractivity contribution in [2.75, 3.05) is 0 Å². The number of aromatic hydroxyl groups is 3. The monoisotopic (exact) mass is 398 g/mol. The van der Waals surface area contributed by atoms with Gasteiger partial charge in [-0.25, -0.2) is 0 Å². The van der Waals surface area contributed by atoms with Gasteiger partial charge in [-0.05, 0) is 24.6 Å². The number of Topliss-reactive ketones (excluding diaryl/α,β-unsaturated/α-hetero) is 2. The van der Waals surface area contributed by atoms with Gasteiger partial charge in [-0.15, -0.1) is 0 Å². The number of benzene rings is 2. The van der Waals surface area contributed by atoms with Crippen LogP contribution in [0.3, 0.4) is 0 Å². The third-order valence-corrected chi connectivity index (χ3v) is 4.46. The van der Waals surface area contributed by atoms with Gasteiger partial charge in [0.05, 0.1) is 29.5 Å². The maximum atomic E-state index is 12.9. The Balaban J connectivity index is 2.34. The molecule has 4 N–H and O–H groups in total. The molecule has 0 fully saturated rings. The van der Waals surface area contributed by atoms with E-state index in [1.165, 1.54) is 0 Å². The second-order valence-corrected chi connectivity index (χ2v) is 6.60. The molecule has 1 aliphatic rings. The maximum absolute atomic E-state index is 12.9. The number of fused-ring (bicyclic) bond motifs is 2. The zero-order chi connectivity index (χ0) is 21.6. The first-order chi connectivity index (χ1) is 13.5. The van der Waals surface area contributed by atoms with Crippen molar-refractivity contribution in [2.45, 2.75) is 19.8 Å². The summed E-state index contributed by atoms with van der Waals surface area (Å²) in [5, 5.41) is 39.4. The van der Waals surface area contributed by atoms with E-state index < -0.39 is 75.9 Å². The maximum Gasteiger partial charge on any atom is 0.307 e. The predicted octanol–water partition coefficient (Wildman–Crippen LogP) is 1.37. The first-order valence-electron chi connectivity index (χ1n) is 8.31. The molecular formula is C20H14O9. The minimum absolute atomic E-state index is 0.242. The highest BCUT2D eigenvalue weighted by Crippen LogP contribution is 2.41. The summed E-state index contributed by atoms with van der Waals surface area (Å²) >= 11 is 0. The van der Waals surface area contributed by atoms with Gasteiger partial charge in [0.2, 0.25) is 5.78 Å². The second kappa shape index (κ2) is 6.86. The summed E-state index contributed by atoms with van der Waals surface area (Å²) in [6.07, 6.45) is -1.39. The molecule has 0 unspecified atom stereocenters. The number of carboxylic acids is 1. The van der Waals surface area contributed by atoms with Crippen molar-refractivity contribution in [2.24, 2.45) is 0 Å². The number of carbonyl (C=O) groups is 5. The average molecular weight is 398 g/mol. The summed E-state index contributed by atoms with van der Waals surface area (Å²) in [7, 11) is 0. The van der Waals surface area contributed by atoms with Crippen LogP contribution in [0.1, 0.15) is 61.1 Å². The summed E-state index contributed by atoms with van der Waals surface area (Å²) < 4.78 is 0. The fourth-order valence-corrected chi connectivity index (χ4v) is 3.36. The third-order valence-electron chi connectivity index (χ3n) is 4.46. The largest absolute Gasteiger partial charge is 0.508 e. The molecule has 9 heteroatoms. The molecule has 0 aromatic heterocycles. The third kappa shape index (κ3) is 3.22. The van der Waals surface area contributed by atoms with Gasteiger partial charge in [-0.3, -0.25) is 24.0 Å². The van der Waals surface area contributed by atoms with Gasteiger partial charge in [-0.2, -0.15) is 0 Å². The van der Waals surface area contributed by atoms with Crippen LogP contribution >= 0.6 is 0 Å². The Labute approximate surface area is 162 Å². The molecule has 0 atom stereocenters. The zero-order valence-corrected chi connectivity index (χ0v) is 15.0. The Kier molecular flexibility index (Phi) is 4.67. The number of hydrogen-bond acceptors (Lipinski definition) is 8. The van der Waals surface area contributed by atoms with Crippen LogP contribution in [0.15, 0.2) is 18.2 Å². The van der Waals surface area contributed by atoms with Gasteiger partial charge in [0.1, 0.15) is 23.0 Å². The molecule has 148 valence electrons. The van der Waals surface area contributed by atoms with Crippen molar-refractivity contribution in [3.63, 3.8) is 0 Å². The average Bonchev–Trinajstić information content (AvgIpc) is 2.57. The Bertz CT molecular complexity index is 1140. The second-order valence-electron chi connectivity index (χ2n) is 6.60. The summed E-state index contributed by atoms with van der Waals surface area (Å²) in [5.74, 6) is -6.77. The minimum Gasteiger partial charge on any atom is -0.508 e. The smallest absolute Gasteiger partial charge is 0.307 e. The van der Waals surface area contributed by atoms with E-state index in [1.54, 1.807) is 0 Å². The number of ketones is 4. The topological polar surface area (TPSA) is 166 Å². The Morgan fingerprint density at radius 1 is 0.897 bits per heavy atom. The van der Waals surface area contributed by atoms with Crippen molar-refractivity contribution in [3.05, 3.63) is 51.6 Å². The van der Waals surface area contributed by atoms with Gasteiger partial charge < -0.3 is 20.4 Å². The lowest BCUT2D eigenvalue weighted by atomic mass is 9.79. The highest BCUT2D eigenvalue weighted by Gasteiger charge is 2.38. The normalized spacial score (nSPS) is 12.3. The molecule has 0 spiro atoms. The van der Waals surface area contributed by atoms with Crippen LogP contribution in [0, 0.1) is 0 Å². The van der Waals surface area contributed by atoms with Crippen LogP contribution in [-0.4, -0.2) is 49.5 Å². The van der Waals surface area contributed by atoms with E-state index in [4.69, 9.17) is 5.11 Å². The number of aliphatic carboxylic acids is 1. The molecule has 0 aliphatic heterocycles. The minimum atomic E-state index is -1.37. The molecule has 2 aromatic carbocycles. The standard InChI is InChI=1S/C20H14O9/c1-7(21)2-12(23)15-8(4-14(25)26)3-10-17(19(15)28)20(29)16-11(18(10)27)5-9(22)6-13(16)24/h3,5-6,22,24,28H,2,4H2,1H3,(H,25,26). The summed E-state index contributed by atoms with van der Waals surface area (Å²) in [6.45, 7) is 1.12. The molecule has 0 heterocycles. The SMILES string of the molecule is CC(=O)CC(=O)c1c(CC(=O)O)cc2c(c1O)C(=O)c1c(O)cc(O)cc1C2=O. The molecule has 0 bridgehead atoms. The Hall–Kier alpha value is -4.01. The number of carboxylic acid groups (broad SMARTS) is 1. The van der Waals surface area contributed by atoms with Gasteiger partial charge in [-0.1, -0.05) is 0 Å². The molecule has 0 radical (unpaired) electrons. The van der Waals surface area contributed by atoms with Gasteiger partial charge in [0.15, 0.2) is 11.6 Å². The number of phenolic OH excluding ortho intramolecular Hbond substituents is 3. The van der Waals surface area contributed by atoms with Crippen LogP contribution in [0.25, 0.3) is 0 Å². The molecule has 0 saturated carbocycles. The number of rotatable bonds is 5. The van der Waals surface area contributed by atoms with Crippen molar-refractivity contribution in [3.8, 4) is 17.2 Å². The van der Waals surface area contributed by atoms with Gasteiger partial charge in [0.25, 0.3) is 0 Å². The van der Waals surface area contributed by atoms with E-state index in [1.807, 2.05) is 0 Å². The first-order valence-corrected chi connectivity index (χ1v) is 8.31. The fourth-order valence-electron chi connectivity index (χ4n) is 3.36. The van der Waals surface area contributed by atoms with Crippen molar-refractivity contribution >= 4 is 29.1 Å². The summed E-state index contributed by atoms with van der Waals surface area (Å²) in [6, 6.07) is 2.80. The lowest BCUT2D eigenvalue weighted by Crippen LogP contribution is -2.24. The highest BCUT2D eigenvalue weighted by atomic mass is 16.4. The number of hydrogen-bond donors (Lipinski definition) is 4. The highest BCUT2D eigenvalue weighted by molar-refractivity contribution is 6.31. The quantitative estimate of drug-likeness (QED) is 0.366. The molecule has 9 nitrogen and oxygen atoms in total. The first kappa shape index (κ1) is 19.7. The van der Waals surface area contributed by atoms with E-state index in [9.17, 15) is 39.3 Å². The van der Waals surface area contributed by atoms with Gasteiger partial charge in [0, 0.05) is 17.2 Å². The Morgan fingerprint density at radius 3 is 2.10 bits per heavy atom. The molecular weight excluding hydrogens is 384 g/mol. The molecule has 1 aliphatic carbocycles. The Morgan fingerprint density at radius 2 is 1.52 bits per heavy atom. The van der Waals surface area contributed by atoms with Crippen molar-refractivity contribution in [1.29, 1.82) is 0 Å². The van der Waals surface area contributed by atoms with E-state index in [0.717, 1.165) is 25.1 Å². The molecule has 29 heavy (non-hydrogen) atoms. The molecule has 0 amide bonds. The molecule has 0 saturated heterocycles. The number of carbonyl (C=O) groups excluding carboxylic acids is 4. The van der Waals surface area contributed by atoms with Crippen LogP contribution < -0.4 is 0 Å². The van der Waals surface area contributed by atoms with Crippen LogP contribution in [0.4, 0.5) is 0 Å². The lowest BCUT2D eigenvalue weighted by Gasteiger charge is -2.22. The lowest BCUT2D eigenvalue weighted by molar-refractivity contribution is -0.136. The van der Waals surface area contributed by atoms with Crippen molar-refractivity contribution < 1.29 is 44.4 Å². The molecule has 2 aromatic rings. The summed E-state index contributed by atoms with van der Waals surface area (Å²) in [4.78, 5) is 60.7. The van der Waals surface area contributed by atoms with E-state index in [-0.39, 0.29) is 16.7 Å². The van der Waals surface area contributed by atoms with Crippen molar-refractivity contribution in [1.82, 2.24) is 0 Å². The van der Waals surface area contributed by atoms with Gasteiger partial charge >= 0.3 is 5.97 Å². The van der Waals surface area contributed by atoms with Crippen LogP contribution in [0.5, 0.6) is 17.2 Å². The van der Waals surface area contributed by atoms with Crippen LogP contribution in [0.2, 0.25) is 0 Å². The van der Waals surface area contributed by atoms with E-state index in [2.05, 4.69) is 0 Å². The number of phenols is 3. The van der Waals surface area contributed by atoms with E-state index in [0.29, 0.717) is 0 Å².